The van der Waals surface area contributed by atoms with Gasteiger partial charge in [0.05, 0.1) is 12.1 Å². The zero-order valence-electron chi connectivity index (χ0n) is 14.3. The van der Waals surface area contributed by atoms with Gasteiger partial charge in [-0.2, -0.15) is 0 Å². The largest absolute Gasteiger partial charge is 0.495 e. The van der Waals surface area contributed by atoms with Gasteiger partial charge in [-0.15, -0.1) is 0 Å². The molecule has 0 radical (unpaired) electrons. The van der Waals surface area contributed by atoms with Gasteiger partial charge in [0, 0.05) is 17.2 Å². The van der Waals surface area contributed by atoms with Crippen LogP contribution in [0.1, 0.15) is 25.5 Å². The van der Waals surface area contributed by atoms with Crippen molar-refractivity contribution >= 4 is 23.2 Å². The van der Waals surface area contributed by atoms with Gasteiger partial charge >= 0.3 is 0 Å². The van der Waals surface area contributed by atoms with Crippen LogP contribution < -0.4 is 15.4 Å². The van der Waals surface area contributed by atoms with Crippen LogP contribution in [0.3, 0.4) is 0 Å². The van der Waals surface area contributed by atoms with E-state index >= 15 is 0 Å². The van der Waals surface area contributed by atoms with Gasteiger partial charge in [0.15, 0.2) is 6.54 Å². The van der Waals surface area contributed by atoms with Gasteiger partial charge in [-0.05, 0) is 18.2 Å². The molecule has 0 saturated heterocycles. The van der Waals surface area contributed by atoms with E-state index in [9.17, 15) is 4.79 Å². The number of carbonyl (C=O) groups excluding carboxylic acids is 1. The Morgan fingerprint density at radius 2 is 1.92 bits per heavy atom. The molecular weight excluding hydrogens is 324 g/mol. The first-order valence-corrected chi connectivity index (χ1v) is 8.40. The molecule has 3 N–H and O–H groups in total. The van der Waals surface area contributed by atoms with Crippen molar-refractivity contribution in [3.05, 3.63) is 59.1 Å². The highest BCUT2D eigenvalue weighted by atomic mass is 35.5. The van der Waals surface area contributed by atoms with Crippen molar-refractivity contribution in [2.24, 2.45) is 5.92 Å². The molecule has 2 aromatic rings. The summed E-state index contributed by atoms with van der Waals surface area (Å²) in [5, 5.41) is 5.42. The summed E-state index contributed by atoms with van der Waals surface area (Å²) in [6, 6.07) is 15.7. The molecule has 0 bridgehead atoms. The number of methoxy groups -OCH3 is 1. The average molecular weight is 348 g/mol. The highest BCUT2D eigenvalue weighted by Crippen LogP contribution is 2.27. The SMILES string of the molecule is COc1ccc(NC(=O)C[NH2+][C@@H](c2ccccc2)C(C)C)cc1Cl. The summed E-state index contributed by atoms with van der Waals surface area (Å²) in [7, 11) is 1.56. The number of hydrogen-bond acceptors (Lipinski definition) is 2. The molecule has 24 heavy (non-hydrogen) atoms. The molecule has 0 unspecified atom stereocenters. The summed E-state index contributed by atoms with van der Waals surface area (Å²) < 4.78 is 5.11. The van der Waals surface area contributed by atoms with Gasteiger partial charge in [-0.1, -0.05) is 55.8 Å². The lowest BCUT2D eigenvalue weighted by atomic mass is 9.96. The number of anilines is 1. The van der Waals surface area contributed by atoms with E-state index < -0.39 is 0 Å². The molecule has 0 fully saturated rings. The predicted octanol–water partition coefficient (Wildman–Crippen LogP) is 3.25. The van der Waals surface area contributed by atoms with Crippen LogP contribution in [-0.2, 0) is 4.79 Å². The lowest BCUT2D eigenvalue weighted by Crippen LogP contribution is -2.88. The highest BCUT2D eigenvalue weighted by Gasteiger charge is 2.20. The van der Waals surface area contributed by atoms with Crippen molar-refractivity contribution in [1.29, 1.82) is 0 Å². The number of ether oxygens (including phenoxy) is 1. The monoisotopic (exact) mass is 347 g/mol. The molecule has 0 aliphatic heterocycles. The Morgan fingerprint density at radius 1 is 1.21 bits per heavy atom. The molecule has 0 saturated carbocycles. The minimum Gasteiger partial charge on any atom is -0.495 e. The number of benzene rings is 2. The summed E-state index contributed by atoms with van der Waals surface area (Å²) in [6.07, 6.45) is 0. The third kappa shape index (κ3) is 4.98. The lowest BCUT2D eigenvalue weighted by Gasteiger charge is -2.19. The van der Waals surface area contributed by atoms with Crippen LogP contribution in [0.15, 0.2) is 48.5 Å². The molecule has 0 aliphatic carbocycles. The predicted molar refractivity (Wildman–Crippen MR) is 97.4 cm³/mol. The number of nitrogens with two attached hydrogens (primary N) is 1. The van der Waals surface area contributed by atoms with Gasteiger partial charge in [0.2, 0.25) is 0 Å². The van der Waals surface area contributed by atoms with Gasteiger partial charge in [0.25, 0.3) is 5.91 Å². The van der Waals surface area contributed by atoms with E-state index in [0.29, 0.717) is 28.9 Å². The van der Waals surface area contributed by atoms with Gasteiger partial charge < -0.3 is 15.4 Å². The fraction of sp³-hybridized carbons (Fsp3) is 0.316. The van der Waals surface area contributed by atoms with Crippen LogP contribution in [0, 0.1) is 5.92 Å². The smallest absolute Gasteiger partial charge is 0.279 e. The van der Waals surface area contributed by atoms with Crippen LogP contribution in [0.5, 0.6) is 5.75 Å². The molecule has 0 aliphatic rings. The van der Waals surface area contributed by atoms with E-state index in [0.717, 1.165) is 0 Å². The Balaban J connectivity index is 1.95. The van der Waals surface area contributed by atoms with Gasteiger partial charge in [-0.3, -0.25) is 4.79 Å². The number of nitrogens with one attached hydrogen (secondary N) is 1. The van der Waals surface area contributed by atoms with Crippen LogP contribution >= 0.6 is 11.6 Å². The second-order valence-corrected chi connectivity index (χ2v) is 6.43. The van der Waals surface area contributed by atoms with Crippen molar-refractivity contribution in [3.63, 3.8) is 0 Å². The fourth-order valence-electron chi connectivity index (χ4n) is 2.66. The van der Waals surface area contributed by atoms with Crippen LogP contribution in [0.25, 0.3) is 0 Å². The number of carbonyl (C=O) groups is 1. The van der Waals surface area contributed by atoms with Crippen LogP contribution in [0.4, 0.5) is 5.69 Å². The summed E-state index contributed by atoms with van der Waals surface area (Å²) >= 11 is 6.08. The lowest BCUT2D eigenvalue weighted by molar-refractivity contribution is -0.692. The first-order valence-electron chi connectivity index (χ1n) is 8.03. The fourth-order valence-corrected chi connectivity index (χ4v) is 2.92. The summed E-state index contributed by atoms with van der Waals surface area (Å²) in [6.45, 7) is 4.67. The number of rotatable bonds is 7. The van der Waals surface area contributed by atoms with Crippen LogP contribution in [-0.4, -0.2) is 19.6 Å². The summed E-state index contributed by atoms with van der Waals surface area (Å²) in [5.41, 5.74) is 1.90. The molecule has 1 amide bonds. The molecule has 0 heterocycles. The molecule has 2 aromatic carbocycles. The Hall–Kier alpha value is -2.04. The molecular formula is C19H24ClN2O2+. The van der Waals surface area contributed by atoms with Gasteiger partial charge in [0.1, 0.15) is 11.8 Å². The Bertz CT molecular complexity index is 674. The summed E-state index contributed by atoms with van der Waals surface area (Å²) in [5.74, 6) is 0.957. The molecule has 2 rings (SSSR count). The van der Waals surface area contributed by atoms with E-state index in [2.05, 4.69) is 36.6 Å². The van der Waals surface area contributed by atoms with E-state index in [1.807, 2.05) is 18.2 Å². The average Bonchev–Trinajstić information content (AvgIpc) is 2.56. The molecule has 0 aromatic heterocycles. The third-order valence-corrected chi connectivity index (χ3v) is 4.19. The van der Waals surface area contributed by atoms with Gasteiger partial charge in [-0.25, -0.2) is 0 Å². The number of hydrogen-bond donors (Lipinski definition) is 2. The van der Waals surface area contributed by atoms with E-state index in [1.165, 1.54) is 5.56 Å². The standard InChI is InChI=1S/C19H23ClN2O2/c1-13(2)19(14-7-5-4-6-8-14)21-12-18(23)22-15-9-10-17(24-3)16(20)11-15/h4-11,13,19,21H,12H2,1-3H3,(H,22,23)/p+1/t19-/m1/s1. The Labute approximate surface area is 148 Å². The molecule has 128 valence electrons. The molecule has 4 nitrogen and oxygen atoms in total. The zero-order chi connectivity index (χ0) is 17.5. The maximum atomic E-state index is 12.2. The third-order valence-electron chi connectivity index (χ3n) is 3.90. The van der Waals surface area contributed by atoms with Crippen molar-refractivity contribution in [2.75, 3.05) is 19.0 Å². The van der Waals surface area contributed by atoms with Crippen molar-refractivity contribution < 1.29 is 14.8 Å². The molecule has 1 atom stereocenters. The first-order chi connectivity index (χ1) is 11.5. The summed E-state index contributed by atoms with van der Waals surface area (Å²) in [4.78, 5) is 12.2. The maximum absolute atomic E-state index is 12.2. The quantitative estimate of drug-likeness (QED) is 0.807. The van der Waals surface area contributed by atoms with E-state index in [1.54, 1.807) is 25.3 Å². The highest BCUT2D eigenvalue weighted by molar-refractivity contribution is 6.32. The Kier molecular flexibility index (Phi) is 6.64. The van der Waals surface area contributed by atoms with Crippen molar-refractivity contribution in [3.8, 4) is 5.75 Å². The van der Waals surface area contributed by atoms with Crippen LogP contribution in [0.2, 0.25) is 5.02 Å². The molecule has 0 spiro atoms. The van der Waals surface area contributed by atoms with E-state index in [-0.39, 0.29) is 11.9 Å². The molecule has 5 heteroatoms. The first kappa shape index (κ1) is 18.3. The second kappa shape index (κ2) is 8.71. The van der Waals surface area contributed by atoms with E-state index in [4.69, 9.17) is 16.3 Å². The number of amides is 1. The minimum atomic E-state index is -0.0576. The number of quaternary nitrogens is 1. The van der Waals surface area contributed by atoms with Crippen molar-refractivity contribution in [2.45, 2.75) is 19.9 Å². The second-order valence-electron chi connectivity index (χ2n) is 6.02. The zero-order valence-corrected chi connectivity index (χ0v) is 15.0. The number of halogens is 1. The minimum absolute atomic E-state index is 0.0576. The van der Waals surface area contributed by atoms with Crippen molar-refractivity contribution in [1.82, 2.24) is 0 Å². The topological polar surface area (TPSA) is 54.9 Å². The Morgan fingerprint density at radius 3 is 2.50 bits per heavy atom. The maximum Gasteiger partial charge on any atom is 0.279 e. The normalized spacial score (nSPS) is 12.0.